The topological polar surface area (TPSA) is 50.2 Å². The Morgan fingerprint density at radius 2 is 2.29 bits per heavy atom. The van der Waals surface area contributed by atoms with Gasteiger partial charge in [-0.05, 0) is 37.3 Å². The second-order valence-corrected chi connectivity index (χ2v) is 5.52. The van der Waals surface area contributed by atoms with Crippen LogP contribution in [0.15, 0.2) is 6.07 Å². The van der Waals surface area contributed by atoms with E-state index in [0.29, 0.717) is 16.1 Å². The number of nitrogens with zero attached hydrogens (tertiary/aromatic N) is 1. The zero-order chi connectivity index (χ0) is 12.2. The fourth-order valence-corrected chi connectivity index (χ4v) is 2.93. The molecule has 0 atom stereocenters. The Balaban J connectivity index is 2.37. The molecule has 5 heteroatoms. The maximum absolute atomic E-state index is 14.0. The van der Waals surface area contributed by atoms with Crippen LogP contribution in [0, 0.1) is 12.7 Å². The Kier molecular flexibility index (Phi) is 2.19. The van der Waals surface area contributed by atoms with Gasteiger partial charge in [-0.1, -0.05) is 0 Å². The van der Waals surface area contributed by atoms with Gasteiger partial charge in [-0.15, -0.1) is 11.3 Å². The van der Waals surface area contributed by atoms with Crippen LogP contribution in [-0.2, 0) is 0 Å². The molecule has 0 amide bonds. The van der Waals surface area contributed by atoms with Crippen molar-refractivity contribution in [3.63, 3.8) is 0 Å². The maximum atomic E-state index is 14.0. The van der Waals surface area contributed by atoms with Crippen molar-refractivity contribution >= 4 is 27.5 Å². The first-order chi connectivity index (χ1) is 8.08. The number of thiazole rings is 1. The van der Waals surface area contributed by atoms with Gasteiger partial charge in [0.1, 0.15) is 0 Å². The molecule has 1 aromatic carbocycles. The number of rotatable bonds is 2. The Bertz CT molecular complexity index is 631. The summed E-state index contributed by atoms with van der Waals surface area (Å²) in [7, 11) is 0. The quantitative estimate of drug-likeness (QED) is 0.890. The molecule has 1 N–H and O–H groups in total. The van der Waals surface area contributed by atoms with Gasteiger partial charge in [-0.2, -0.15) is 0 Å². The fourth-order valence-electron chi connectivity index (χ4n) is 2.04. The van der Waals surface area contributed by atoms with Crippen molar-refractivity contribution in [1.82, 2.24) is 4.98 Å². The van der Waals surface area contributed by atoms with Crippen LogP contribution in [0.4, 0.5) is 4.39 Å². The highest BCUT2D eigenvalue weighted by molar-refractivity contribution is 7.18. The smallest absolute Gasteiger partial charge is 0.338 e. The number of aromatic nitrogens is 1. The summed E-state index contributed by atoms with van der Waals surface area (Å²) in [6.45, 7) is 1.81. The standard InChI is InChI=1S/C12H10FNO2S/c1-5-14-10-7(6-2-3-6)4-8(12(15)16)9(13)11(10)17-5/h4,6H,2-3H2,1H3,(H,15,16). The Morgan fingerprint density at radius 3 is 2.88 bits per heavy atom. The zero-order valence-corrected chi connectivity index (χ0v) is 9.97. The molecule has 0 bridgehead atoms. The minimum Gasteiger partial charge on any atom is -0.478 e. The van der Waals surface area contributed by atoms with Crippen molar-refractivity contribution in [2.45, 2.75) is 25.7 Å². The van der Waals surface area contributed by atoms with Gasteiger partial charge >= 0.3 is 5.97 Å². The molecule has 1 aliphatic carbocycles. The Labute approximate surface area is 101 Å². The predicted molar refractivity (Wildman–Crippen MR) is 63.2 cm³/mol. The number of halogens is 1. The van der Waals surface area contributed by atoms with Crippen LogP contribution in [0.5, 0.6) is 0 Å². The lowest BCUT2D eigenvalue weighted by Crippen LogP contribution is -2.02. The van der Waals surface area contributed by atoms with Crippen LogP contribution in [0.1, 0.15) is 39.7 Å². The van der Waals surface area contributed by atoms with Gasteiger partial charge < -0.3 is 5.11 Å². The summed E-state index contributed by atoms with van der Waals surface area (Å²) in [6, 6.07) is 1.46. The molecule has 1 saturated carbocycles. The van der Waals surface area contributed by atoms with Crippen molar-refractivity contribution < 1.29 is 14.3 Å². The molecule has 3 nitrogen and oxygen atoms in total. The first-order valence-electron chi connectivity index (χ1n) is 5.40. The van der Waals surface area contributed by atoms with E-state index >= 15 is 0 Å². The molecular formula is C12H10FNO2S. The molecule has 1 aliphatic rings. The highest BCUT2D eigenvalue weighted by Gasteiger charge is 2.30. The van der Waals surface area contributed by atoms with Gasteiger partial charge in [0.25, 0.3) is 0 Å². The number of benzene rings is 1. The molecule has 88 valence electrons. The SMILES string of the molecule is Cc1nc2c(C3CC3)cc(C(=O)O)c(F)c2s1. The van der Waals surface area contributed by atoms with Crippen LogP contribution < -0.4 is 0 Å². The summed E-state index contributed by atoms with van der Waals surface area (Å²) in [6.07, 6.45) is 2.08. The van der Waals surface area contributed by atoms with Crippen molar-refractivity contribution in [1.29, 1.82) is 0 Å². The van der Waals surface area contributed by atoms with E-state index in [-0.39, 0.29) is 5.56 Å². The summed E-state index contributed by atoms with van der Waals surface area (Å²) in [5, 5.41) is 9.77. The molecule has 2 aromatic rings. The number of carboxylic acid groups (broad SMARTS) is 1. The molecule has 1 fully saturated rings. The van der Waals surface area contributed by atoms with E-state index in [0.717, 1.165) is 23.4 Å². The molecule has 0 unspecified atom stereocenters. The Hall–Kier alpha value is -1.49. The third kappa shape index (κ3) is 1.61. The summed E-state index contributed by atoms with van der Waals surface area (Å²) < 4.78 is 14.4. The molecule has 0 saturated heterocycles. The third-order valence-electron chi connectivity index (χ3n) is 2.99. The minimum atomic E-state index is -1.21. The highest BCUT2D eigenvalue weighted by Crippen LogP contribution is 2.45. The van der Waals surface area contributed by atoms with Crippen LogP contribution in [0.2, 0.25) is 0 Å². The van der Waals surface area contributed by atoms with E-state index in [4.69, 9.17) is 5.11 Å². The summed E-state index contributed by atoms with van der Waals surface area (Å²) >= 11 is 1.22. The van der Waals surface area contributed by atoms with E-state index in [1.165, 1.54) is 17.4 Å². The van der Waals surface area contributed by atoms with E-state index in [9.17, 15) is 9.18 Å². The largest absolute Gasteiger partial charge is 0.478 e. The van der Waals surface area contributed by atoms with E-state index in [1.54, 1.807) is 6.92 Å². The number of hydrogen-bond donors (Lipinski definition) is 1. The molecule has 0 aliphatic heterocycles. The van der Waals surface area contributed by atoms with E-state index in [1.807, 2.05) is 0 Å². The van der Waals surface area contributed by atoms with Gasteiger partial charge in [0, 0.05) is 0 Å². The predicted octanol–water partition coefficient (Wildman–Crippen LogP) is 3.32. The summed E-state index contributed by atoms with van der Waals surface area (Å²) in [4.78, 5) is 15.3. The van der Waals surface area contributed by atoms with Crippen LogP contribution in [-0.4, -0.2) is 16.1 Å². The number of hydrogen-bond acceptors (Lipinski definition) is 3. The molecular weight excluding hydrogens is 241 g/mol. The van der Waals surface area contributed by atoms with Gasteiger partial charge in [0.15, 0.2) is 5.82 Å². The molecule has 1 aromatic heterocycles. The zero-order valence-electron chi connectivity index (χ0n) is 9.16. The van der Waals surface area contributed by atoms with Crippen molar-refractivity contribution in [3.8, 4) is 0 Å². The van der Waals surface area contributed by atoms with E-state index in [2.05, 4.69) is 4.98 Å². The lowest BCUT2D eigenvalue weighted by molar-refractivity contribution is 0.0692. The monoisotopic (exact) mass is 251 g/mol. The second-order valence-electron chi connectivity index (χ2n) is 4.32. The average Bonchev–Trinajstić information content (AvgIpc) is 3.01. The van der Waals surface area contributed by atoms with Crippen LogP contribution in [0.25, 0.3) is 10.2 Å². The van der Waals surface area contributed by atoms with Gasteiger partial charge in [0.05, 0.1) is 20.8 Å². The molecule has 0 radical (unpaired) electrons. The molecule has 0 spiro atoms. The molecule has 1 heterocycles. The van der Waals surface area contributed by atoms with Gasteiger partial charge in [-0.25, -0.2) is 14.2 Å². The van der Waals surface area contributed by atoms with Crippen molar-refractivity contribution in [2.75, 3.05) is 0 Å². The van der Waals surface area contributed by atoms with Gasteiger partial charge in [0.2, 0.25) is 0 Å². The normalized spacial score (nSPS) is 15.4. The second kappa shape index (κ2) is 3.50. The number of carbonyl (C=O) groups is 1. The lowest BCUT2D eigenvalue weighted by Gasteiger charge is -2.04. The number of fused-ring (bicyclic) bond motifs is 1. The lowest BCUT2D eigenvalue weighted by atomic mass is 10.0. The number of carboxylic acids is 1. The number of aromatic carboxylic acids is 1. The minimum absolute atomic E-state index is 0.233. The van der Waals surface area contributed by atoms with Crippen molar-refractivity contribution in [2.24, 2.45) is 0 Å². The fraction of sp³-hybridized carbons (Fsp3) is 0.333. The summed E-state index contributed by atoms with van der Waals surface area (Å²) in [5.41, 5.74) is 1.31. The Morgan fingerprint density at radius 1 is 1.59 bits per heavy atom. The molecule has 3 rings (SSSR count). The van der Waals surface area contributed by atoms with E-state index < -0.39 is 11.8 Å². The average molecular weight is 251 g/mol. The summed E-state index contributed by atoms with van der Waals surface area (Å²) in [5.74, 6) is -1.50. The maximum Gasteiger partial charge on any atom is 0.338 e. The van der Waals surface area contributed by atoms with Crippen LogP contribution in [0.3, 0.4) is 0 Å². The van der Waals surface area contributed by atoms with Gasteiger partial charge in [-0.3, -0.25) is 0 Å². The third-order valence-corrected chi connectivity index (χ3v) is 3.95. The molecule has 17 heavy (non-hydrogen) atoms. The van der Waals surface area contributed by atoms with Crippen molar-refractivity contribution in [3.05, 3.63) is 28.0 Å². The highest BCUT2D eigenvalue weighted by atomic mass is 32.1. The first-order valence-corrected chi connectivity index (χ1v) is 6.22. The first kappa shape index (κ1) is 10.7. The number of aryl methyl sites for hydroxylation is 1. The van der Waals surface area contributed by atoms with Crippen LogP contribution >= 0.6 is 11.3 Å².